The molecule has 1 amide bonds. The number of halogens is 1. The van der Waals surface area contributed by atoms with Gasteiger partial charge in [0.2, 0.25) is 5.91 Å². The Morgan fingerprint density at radius 2 is 1.75 bits per heavy atom. The lowest BCUT2D eigenvalue weighted by atomic mass is 10.1. The van der Waals surface area contributed by atoms with Crippen molar-refractivity contribution in [1.29, 1.82) is 0 Å². The standard InChI is InChI=1S/C16H16BrNOS/c17-11-10-13-6-8-14(9-7-13)18-16(19)12-20-15-4-2-1-3-5-15/h1-9H,10-12H2,(H,18,19). The van der Waals surface area contributed by atoms with Crippen LogP contribution in [0.5, 0.6) is 0 Å². The van der Waals surface area contributed by atoms with Crippen LogP contribution >= 0.6 is 27.7 Å². The maximum absolute atomic E-state index is 11.9. The van der Waals surface area contributed by atoms with Crippen LogP contribution in [0.25, 0.3) is 0 Å². The van der Waals surface area contributed by atoms with Crippen LogP contribution < -0.4 is 5.32 Å². The smallest absolute Gasteiger partial charge is 0.234 e. The first kappa shape index (κ1) is 15.1. The van der Waals surface area contributed by atoms with Crippen LogP contribution in [0.1, 0.15) is 5.56 Å². The lowest BCUT2D eigenvalue weighted by Crippen LogP contribution is -2.13. The van der Waals surface area contributed by atoms with E-state index in [0.29, 0.717) is 5.75 Å². The molecule has 0 unspecified atom stereocenters. The topological polar surface area (TPSA) is 29.1 Å². The largest absolute Gasteiger partial charge is 0.325 e. The zero-order chi connectivity index (χ0) is 14.2. The molecular weight excluding hydrogens is 334 g/mol. The fraction of sp³-hybridized carbons (Fsp3) is 0.188. The van der Waals surface area contributed by atoms with Gasteiger partial charge in [-0.05, 0) is 36.2 Å². The SMILES string of the molecule is O=C(CSc1ccccc1)Nc1ccc(CCBr)cc1. The minimum atomic E-state index is 0.0205. The summed E-state index contributed by atoms with van der Waals surface area (Å²) in [5.41, 5.74) is 2.11. The summed E-state index contributed by atoms with van der Waals surface area (Å²) in [7, 11) is 0. The monoisotopic (exact) mass is 349 g/mol. The third-order valence-corrected chi connectivity index (χ3v) is 4.14. The number of aryl methyl sites for hydroxylation is 1. The molecule has 0 fully saturated rings. The van der Waals surface area contributed by atoms with Crippen molar-refractivity contribution < 1.29 is 4.79 Å². The molecule has 2 nitrogen and oxygen atoms in total. The van der Waals surface area contributed by atoms with Gasteiger partial charge in [-0.2, -0.15) is 0 Å². The van der Waals surface area contributed by atoms with Gasteiger partial charge in [-0.15, -0.1) is 11.8 Å². The number of anilines is 1. The first-order valence-corrected chi connectivity index (χ1v) is 8.51. The molecule has 0 aliphatic carbocycles. The summed E-state index contributed by atoms with van der Waals surface area (Å²) >= 11 is 4.96. The molecule has 104 valence electrons. The average Bonchev–Trinajstić information content (AvgIpc) is 2.49. The van der Waals surface area contributed by atoms with Gasteiger partial charge in [-0.25, -0.2) is 0 Å². The number of carbonyl (C=O) groups is 1. The highest BCUT2D eigenvalue weighted by molar-refractivity contribution is 9.09. The Bertz CT molecular complexity index is 542. The molecule has 0 aliphatic heterocycles. The molecule has 0 saturated carbocycles. The van der Waals surface area contributed by atoms with Crippen molar-refractivity contribution in [2.24, 2.45) is 0 Å². The zero-order valence-electron chi connectivity index (χ0n) is 11.0. The summed E-state index contributed by atoms with van der Waals surface area (Å²) in [4.78, 5) is 13.0. The normalized spacial score (nSPS) is 10.2. The predicted molar refractivity (Wildman–Crippen MR) is 89.7 cm³/mol. The van der Waals surface area contributed by atoms with Crippen molar-refractivity contribution in [3.05, 3.63) is 60.2 Å². The predicted octanol–water partition coefficient (Wildman–Crippen LogP) is 4.35. The van der Waals surface area contributed by atoms with Crippen LogP contribution in [0.15, 0.2) is 59.5 Å². The number of hydrogen-bond acceptors (Lipinski definition) is 2. The van der Waals surface area contributed by atoms with Gasteiger partial charge in [0.1, 0.15) is 0 Å². The van der Waals surface area contributed by atoms with E-state index in [0.717, 1.165) is 22.3 Å². The number of benzene rings is 2. The number of carbonyl (C=O) groups excluding carboxylic acids is 1. The van der Waals surface area contributed by atoms with E-state index in [1.165, 1.54) is 5.56 Å². The summed E-state index contributed by atoms with van der Waals surface area (Å²) in [6.07, 6.45) is 0.998. The fourth-order valence-corrected chi connectivity index (χ4v) is 2.90. The minimum absolute atomic E-state index is 0.0205. The van der Waals surface area contributed by atoms with E-state index < -0.39 is 0 Å². The Morgan fingerprint density at radius 1 is 1.05 bits per heavy atom. The van der Waals surface area contributed by atoms with Gasteiger partial charge in [0.25, 0.3) is 0 Å². The van der Waals surface area contributed by atoms with E-state index in [4.69, 9.17) is 0 Å². The molecule has 0 radical (unpaired) electrons. The van der Waals surface area contributed by atoms with E-state index >= 15 is 0 Å². The van der Waals surface area contributed by atoms with Crippen molar-refractivity contribution in [3.8, 4) is 0 Å². The molecule has 2 aromatic carbocycles. The van der Waals surface area contributed by atoms with Gasteiger partial charge in [0.15, 0.2) is 0 Å². The number of amides is 1. The lowest BCUT2D eigenvalue weighted by Gasteiger charge is -2.06. The van der Waals surface area contributed by atoms with Crippen molar-refractivity contribution in [1.82, 2.24) is 0 Å². The van der Waals surface area contributed by atoms with Crippen molar-refractivity contribution in [2.75, 3.05) is 16.4 Å². The van der Waals surface area contributed by atoms with E-state index in [-0.39, 0.29) is 5.91 Å². The molecule has 0 saturated heterocycles. The van der Waals surface area contributed by atoms with Crippen molar-refractivity contribution in [2.45, 2.75) is 11.3 Å². The van der Waals surface area contributed by atoms with Crippen molar-refractivity contribution >= 4 is 39.3 Å². The number of rotatable bonds is 6. The molecule has 0 bridgehead atoms. The Labute approximate surface area is 132 Å². The summed E-state index contributed by atoms with van der Waals surface area (Å²) in [5, 5.41) is 3.86. The number of nitrogens with one attached hydrogen (secondary N) is 1. The number of alkyl halides is 1. The van der Waals surface area contributed by atoms with Crippen LogP contribution in [0.2, 0.25) is 0 Å². The molecule has 0 heterocycles. The number of hydrogen-bond donors (Lipinski definition) is 1. The zero-order valence-corrected chi connectivity index (χ0v) is 13.4. The van der Waals surface area contributed by atoms with E-state index in [2.05, 4.69) is 21.2 Å². The molecule has 2 rings (SSSR count). The number of thioether (sulfide) groups is 1. The van der Waals surface area contributed by atoms with Crippen LogP contribution in [0.3, 0.4) is 0 Å². The van der Waals surface area contributed by atoms with E-state index in [1.807, 2.05) is 54.6 Å². The second kappa shape index (κ2) is 8.12. The molecular formula is C16H16BrNOS. The van der Waals surface area contributed by atoms with E-state index in [1.54, 1.807) is 11.8 Å². The van der Waals surface area contributed by atoms with Crippen molar-refractivity contribution in [3.63, 3.8) is 0 Å². The molecule has 0 atom stereocenters. The molecule has 0 aromatic heterocycles. The highest BCUT2D eigenvalue weighted by atomic mass is 79.9. The highest BCUT2D eigenvalue weighted by Crippen LogP contribution is 2.17. The maximum atomic E-state index is 11.9. The van der Waals surface area contributed by atoms with Gasteiger partial charge in [0.05, 0.1) is 5.75 Å². The summed E-state index contributed by atoms with van der Waals surface area (Å²) in [6.45, 7) is 0. The fourth-order valence-electron chi connectivity index (χ4n) is 1.73. The second-order valence-corrected chi connectivity index (χ2v) is 6.13. The summed E-state index contributed by atoms with van der Waals surface area (Å²) in [6, 6.07) is 17.9. The van der Waals surface area contributed by atoms with Crippen LogP contribution in [-0.2, 0) is 11.2 Å². The van der Waals surface area contributed by atoms with Crippen LogP contribution in [0, 0.1) is 0 Å². The van der Waals surface area contributed by atoms with E-state index in [9.17, 15) is 4.79 Å². The second-order valence-electron chi connectivity index (χ2n) is 4.29. The molecule has 2 aromatic rings. The van der Waals surface area contributed by atoms with Crippen LogP contribution in [0.4, 0.5) is 5.69 Å². The highest BCUT2D eigenvalue weighted by Gasteiger charge is 2.03. The average molecular weight is 350 g/mol. The van der Waals surface area contributed by atoms with Gasteiger partial charge in [-0.3, -0.25) is 4.79 Å². The molecule has 4 heteroatoms. The first-order chi connectivity index (χ1) is 9.78. The Morgan fingerprint density at radius 3 is 2.40 bits per heavy atom. The molecule has 20 heavy (non-hydrogen) atoms. The van der Waals surface area contributed by atoms with Gasteiger partial charge >= 0.3 is 0 Å². The first-order valence-electron chi connectivity index (χ1n) is 6.40. The minimum Gasteiger partial charge on any atom is -0.325 e. The van der Waals surface area contributed by atoms with Gasteiger partial charge in [0, 0.05) is 15.9 Å². The summed E-state index contributed by atoms with van der Waals surface area (Å²) in [5.74, 6) is 0.444. The Kier molecular flexibility index (Phi) is 6.15. The summed E-state index contributed by atoms with van der Waals surface area (Å²) < 4.78 is 0. The molecule has 0 spiro atoms. The molecule has 0 aliphatic rings. The van der Waals surface area contributed by atoms with Gasteiger partial charge < -0.3 is 5.32 Å². The Balaban J connectivity index is 1.82. The lowest BCUT2D eigenvalue weighted by molar-refractivity contribution is -0.113. The maximum Gasteiger partial charge on any atom is 0.234 e. The quantitative estimate of drug-likeness (QED) is 0.620. The molecule has 1 N–H and O–H groups in total. The third kappa shape index (κ3) is 5.02. The Hall–Kier alpha value is -1.26. The van der Waals surface area contributed by atoms with Gasteiger partial charge in [-0.1, -0.05) is 46.3 Å². The van der Waals surface area contributed by atoms with Crippen LogP contribution in [-0.4, -0.2) is 17.0 Å². The third-order valence-electron chi connectivity index (χ3n) is 2.73.